The summed E-state index contributed by atoms with van der Waals surface area (Å²) in [5, 5.41) is 14.1. The Balaban J connectivity index is 1.28. The summed E-state index contributed by atoms with van der Waals surface area (Å²) < 4.78 is 0. The molecule has 46 heavy (non-hydrogen) atoms. The van der Waals surface area contributed by atoms with Crippen molar-refractivity contribution in [1.82, 2.24) is 26.5 Å². The molecular weight excluding hydrogens is 582 g/mol. The van der Waals surface area contributed by atoms with E-state index in [1.807, 2.05) is 60.7 Å². The maximum atomic E-state index is 13.4. The second-order valence-electron chi connectivity index (χ2n) is 11.6. The van der Waals surface area contributed by atoms with Crippen molar-refractivity contribution in [2.45, 2.75) is 76.3 Å². The van der Waals surface area contributed by atoms with Gasteiger partial charge in [0.2, 0.25) is 0 Å². The standard InChI is InChI=1S/C35H39N7O4/c43-32(37-30(19-24-11-3-1-4-12-24)34(45)41-39-28-15-7-8-16-28)26-21-27(23-36-22-26)33(44)38-31(20-25-13-5-2-6-14-25)35(46)42-40-29-17-9-10-18-29/h1-6,11-14,21-23,30-31H,7-10,15-20H2,(H,37,43)(H,38,44)(H,41,45)(H,42,46)/t30-,31-/m0/s1. The minimum absolute atomic E-state index is 0.0947. The molecule has 0 bridgehead atoms. The Morgan fingerprint density at radius 3 is 1.39 bits per heavy atom. The van der Waals surface area contributed by atoms with E-state index in [2.05, 4.69) is 36.7 Å². The first-order valence-electron chi connectivity index (χ1n) is 15.8. The molecule has 4 N–H and O–H groups in total. The molecule has 5 rings (SSSR count). The van der Waals surface area contributed by atoms with Gasteiger partial charge in [0.25, 0.3) is 23.6 Å². The molecule has 0 spiro atoms. The average Bonchev–Trinajstić information content (AvgIpc) is 3.81. The molecule has 2 saturated carbocycles. The van der Waals surface area contributed by atoms with Crippen LogP contribution in [0.25, 0.3) is 0 Å². The first-order valence-corrected chi connectivity index (χ1v) is 15.8. The van der Waals surface area contributed by atoms with E-state index in [1.54, 1.807) is 0 Å². The number of hydrogen-bond acceptors (Lipinski definition) is 7. The Morgan fingerprint density at radius 2 is 1.00 bits per heavy atom. The third-order valence-electron chi connectivity index (χ3n) is 8.08. The summed E-state index contributed by atoms with van der Waals surface area (Å²) in [6, 6.07) is 18.3. The molecule has 2 aliphatic rings. The maximum absolute atomic E-state index is 13.4. The van der Waals surface area contributed by atoms with Crippen LogP contribution in [-0.2, 0) is 22.4 Å². The molecule has 2 aromatic carbocycles. The highest BCUT2D eigenvalue weighted by molar-refractivity contribution is 6.02. The van der Waals surface area contributed by atoms with Crippen molar-refractivity contribution in [3.8, 4) is 0 Å². The summed E-state index contributed by atoms with van der Waals surface area (Å²) in [5.41, 5.74) is 9.03. The van der Waals surface area contributed by atoms with Crippen molar-refractivity contribution in [3.05, 3.63) is 101 Å². The van der Waals surface area contributed by atoms with E-state index >= 15 is 0 Å². The van der Waals surface area contributed by atoms with Gasteiger partial charge in [0.1, 0.15) is 12.1 Å². The van der Waals surface area contributed by atoms with E-state index in [4.69, 9.17) is 0 Å². The molecule has 0 aliphatic heterocycles. The van der Waals surface area contributed by atoms with Crippen LogP contribution in [-0.4, -0.2) is 52.1 Å². The van der Waals surface area contributed by atoms with Gasteiger partial charge >= 0.3 is 0 Å². The smallest absolute Gasteiger partial charge is 0.262 e. The van der Waals surface area contributed by atoms with E-state index in [1.165, 1.54) is 18.5 Å². The van der Waals surface area contributed by atoms with Gasteiger partial charge in [0.05, 0.1) is 11.1 Å². The Labute approximate surface area is 268 Å². The third-order valence-corrected chi connectivity index (χ3v) is 8.08. The molecule has 2 aliphatic carbocycles. The zero-order valence-corrected chi connectivity index (χ0v) is 25.7. The second kappa shape index (κ2) is 16.2. The van der Waals surface area contributed by atoms with Crippen molar-refractivity contribution in [1.29, 1.82) is 0 Å². The number of carbonyl (C=O) groups is 4. The number of nitrogens with zero attached hydrogens (tertiary/aromatic N) is 3. The lowest BCUT2D eigenvalue weighted by atomic mass is 10.0. The van der Waals surface area contributed by atoms with Gasteiger partial charge in [-0.25, -0.2) is 10.9 Å². The number of pyridine rings is 1. The van der Waals surface area contributed by atoms with Crippen LogP contribution in [0.3, 0.4) is 0 Å². The molecular formula is C35H39N7O4. The lowest BCUT2D eigenvalue weighted by Crippen LogP contribution is -2.47. The third kappa shape index (κ3) is 9.40. The van der Waals surface area contributed by atoms with Gasteiger partial charge in [0.15, 0.2) is 0 Å². The van der Waals surface area contributed by atoms with Gasteiger partial charge in [0, 0.05) is 36.7 Å². The minimum Gasteiger partial charge on any atom is -0.340 e. The van der Waals surface area contributed by atoms with Crippen LogP contribution in [0, 0.1) is 0 Å². The Kier molecular flexibility index (Phi) is 11.4. The van der Waals surface area contributed by atoms with Crippen LogP contribution in [0.2, 0.25) is 0 Å². The monoisotopic (exact) mass is 621 g/mol. The minimum atomic E-state index is -0.918. The summed E-state index contributed by atoms with van der Waals surface area (Å²) >= 11 is 0. The van der Waals surface area contributed by atoms with Crippen LogP contribution < -0.4 is 21.5 Å². The summed E-state index contributed by atoms with van der Waals surface area (Å²) in [6.07, 6.45) is 10.7. The van der Waals surface area contributed by atoms with Crippen molar-refractivity contribution in [2.75, 3.05) is 0 Å². The number of aromatic nitrogens is 1. The number of amides is 4. The SMILES string of the molecule is O=C(N[C@@H](Cc1ccccc1)C(=O)NN=C1CCCC1)c1cncc(C(=O)N[C@@H](Cc2ccccc2)C(=O)NN=C2CCCC2)c1. The fourth-order valence-electron chi connectivity index (χ4n) is 5.50. The molecule has 3 aromatic rings. The molecule has 4 amide bonds. The number of hydrogen-bond donors (Lipinski definition) is 4. The van der Waals surface area contributed by atoms with E-state index in [0.29, 0.717) is 0 Å². The summed E-state index contributed by atoms with van der Waals surface area (Å²) in [7, 11) is 0. The Hall–Kier alpha value is -5.19. The van der Waals surface area contributed by atoms with E-state index in [-0.39, 0.29) is 24.0 Å². The number of benzene rings is 2. The Morgan fingerprint density at radius 1 is 0.609 bits per heavy atom. The summed E-state index contributed by atoms with van der Waals surface area (Å²) in [6.45, 7) is 0. The van der Waals surface area contributed by atoms with E-state index < -0.39 is 35.7 Å². The number of hydrazone groups is 2. The summed E-state index contributed by atoms with van der Waals surface area (Å²) in [4.78, 5) is 57.2. The normalized spacial score (nSPS) is 15.4. The molecule has 0 radical (unpaired) electrons. The zero-order chi connectivity index (χ0) is 32.1. The molecule has 1 aromatic heterocycles. The van der Waals surface area contributed by atoms with Gasteiger partial charge in [-0.1, -0.05) is 60.7 Å². The highest BCUT2D eigenvalue weighted by Crippen LogP contribution is 2.15. The predicted molar refractivity (Wildman–Crippen MR) is 175 cm³/mol. The van der Waals surface area contributed by atoms with E-state index in [0.717, 1.165) is 73.9 Å². The second-order valence-corrected chi connectivity index (χ2v) is 11.6. The molecule has 238 valence electrons. The highest BCUT2D eigenvalue weighted by Gasteiger charge is 2.25. The first-order chi connectivity index (χ1) is 22.4. The molecule has 1 heterocycles. The quantitative estimate of drug-likeness (QED) is 0.226. The van der Waals surface area contributed by atoms with Crippen LogP contribution in [0.1, 0.15) is 83.2 Å². The van der Waals surface area contributed by atoms with Crippen molar-refractivity contribution in [3.63, 3.8) is 0 Å². The van der Waals surface area contributed by atoms with Crippen LogP contribution in [0.15, 0.2) is 89.3 Å². The fourth-order valence-corrected chi connectivity index (χ4v) is 5.50. The van der Waals surface area contributed by atoms with Gasteiger partial charge in [-0.3, -0.25) is 24.2 Å². The Bertz CT molecular complexity index is 1460. The summed E-state index contributed by atoms with van der Waals surface area (Å²) in [5.74, 6) is -2.01. The molecule has 11 heteroatoms. The molecule has 0 unspecified atom stereocenters. The van der Waals surface area contributed by atoms with Gasteiger partial charge in [-0.05, 0) is 68.6 Å². The zero-order valence-electron chi connectivity index (χ0n) is 25.7. The van der Waals surface area contributed by atoms with Crippen LogP contribution in [0.5, 0.6) is 0 Å². The van der Waals surface area contributed by atoms with Crippen LogP contribution in [0.4, 0.5) is 0 Å². The van der Waals surface area contributed by atoms with Gasteiger partial charge in [-0.2, -0.15) is 10.2 Å². The average molecular weight is 622 g/mol. The molecule has 11 nitrogen and oxygen atoms in total. The van der Waals surface area contributed by atoms with Crippen LogP contribution >= 0.6 is 0 Å². The van der Waals surface area contributed by atoms with Crippen molar-refractivity contribution in [2.24, 2.45) is 10.2 Å². The molecule has 2 fully saturated rings. The topological polar surface area (TPSA) is 154 Å². The maximum Gasteiger partial charge on any atom is 0.262 e. The lowest BCUT2D eigenvalue weighted by Gasteiger charge is -2.19. The highest BCUT2D eigenvalue weighted by atomic mass is 16.2. The van der Waals surface area contributed by atoms with Gasteiger partial charge < -0.3 is 10.6 Å². The number of nitrogens with one attached hydrogen (secondary N) is 4. The number of carbonyl (C=O) groups excluding carboxylic acids is 4. The first kappa shape index (κ1) is 32.2. The molecule has 2 atom stereocenters. The largest absolute Gasteiger partial charge is 0.340 e. The fraction of sp³-hybridized carbons (Fsp3) is 0.343. The predicted octanol–water partition coefficient (Wildman–Crippen LogP) is 3.86. The molecule has 0 saturated heterocycles. The van der Waals surface area contributed by atoms with Crippen molar-refractivity contribution >= 4 is 35.1 Å². The van der Waals surface area contributed by atoms with Crippen molar-refractivity contribution < 1.29 is 19.2 Å². The lowest BCUT2D eigenvalue weighted by molar-refractivity contribution is -0.123. The number of rotatable bonds is 12. The van der Waals surface area contributed by atoms with E-state index in [9.17, 15) is 19.2 Å². The van der Waals surface area contributed by atoms with Gasteiger partial charge in [-0.15, -0.1) is 0 Å².